The standard InChI is InChI=1S/C22H30N2O4S/c1-17(25)19-7-9-21(10-8-19)29(27,28)24-15-12-20(13-16-24)22(26)23-14-11-18-5-3-2-4-6-18/h5,7-10,20H,2-4,6,11-16H2,1H3,(H,23,26). The first-order chi connectivity index (χ1) is 13.9. The SMILES string of the molecule is CC(=O)c1ccc(S(=O)(=O)N2CCC(C(=O)NCCC3=CCCCC3)CC2)cc1. The third-order valence-corrected chi connectivity index (χ3v) is 7.77. The predicted octanol–water partition coefficient (Wildman–Crippen LogP) is 3.30. The Balaban J connectivity index is 1.49. The first-order valence-electron chi connectivity index (χ1n) is 10.4. The van der Waals surface area contributed by atoms with Crippen molar-refractivity contribution >= 4 is 21.7 Å². The van der Waals surface area contributed by atoms with Gasteiger partial charge in [0.2, 0.25) is 15.9 Å². The molecule has 2 aliphatic rings. The molecule has 3 rings (SSSR count). The molecule has 1 fully saturated rings. The molecule has 1 aromatic carbocycles. The molecule has 1 heterocycles. The van der Waals surface area contributed by atoms with Crippen LogP contribution in [0.25, 0.3) is 0 Å². The summed E-state index contributed by atoms with van der Waals surface area (Å²) < 4.78 is 27.1. The fourth-order valence-electron chi connectivity index (χ4n) is 3.99. The fourth-order valence-corrected chi connectivity index (χ4v) is 5.46. The maximum absolute atomic E-state index is 12.8. The van der Waals surface area contributed by atoms with Gasteiger partial charge in [0.05, 0.1) is 4.90 Å². The number of allylic oxidation sites excluding steroid dienone is 1. The molecule has 0 bridgehead atoms. The zero-order chi connectivity index (χ0) is 20.9. The number of piperidine rings is 1. The lowest BCUT2D eigenvalue weighted by Crippen LogP contribution is -2.43. The largest absolute Gasteiger partial charge is 0.356 e. The summed E-state index contributed by atoms with van der Waals surface area (Å²) in [5.74, 6) is -0.202. The van der Waals surface area contributed by atoms with E-state index in [0.29, 0.717) is 38.0 Å². The van der Waals surface area contributed by atoms with E-state index in [4.69, 9.17) is 0 Å². The second-order valence-corrected chi connectivity index (χ2v) is 9.85. The van der Waals surface area contributed by atoms with Crippen LogP contribution in [0.5, 0.6) is 0 Å². The minimum absolute atomic E-state index is 0.0317. The van der Waals surface area contributed by atoms with Gasteiger partial charge >= 0.3 is 0 Å². The second kappa shape index (κ2) is 9.67. The molecule has 1 amide bonds. The molecule has 158 valence electrons. The lowest BCUT2D eigenvalue weighted by Gasteiger charge is -2.30. The van der Waals surface area contributed by atoms with Gasteiger partial charge in [-0.25, -0.2) is 8.42 Å². The smallest absolute Gasteiger partial charge is 0.243 e. The number of nitrogens with zero attached hydrogens (tertiary/aromatic N) is 1. The van der Waals surface area contributed by atoms with Crippen molar-refractivity contribution in [3.05, 3.63) is 41.5 Å². The van der Waals surface area contributed by atoms with Gasteiger partial charge in [-0.05, 0) is 64.0 Å². The second-order valence-electron chi connectivity index (χ2n) is 7.91. The minimum Gasteiger partial charge on any atom is -0.356 e. The van der Waals surface area contributed by atoms with Crippen molar-refractivity contribution in [1.82, 2.24) is 9.62 Å². The summed E-state index contributed by atoms with van der Waals surface area (Å²) >= 11 is 0. The Kier molecular flexibility index (Phi) is 7.24. The molecule has 1 N–H and O–H groups in total. The van der Waals surface area contributed by atoms with E-state index in [-0.39, 0.29) is 22.5 Å². The molecule has 0 atom stereocenters. The minimum atomic E-state index is -3.60. The molecular weight excluding hydrogens is 388 g/mol. The Bertz CT molecular complexity index is 867. The van der Waals surface area contributed by atoms with E-state index in [1.54, 1.807) is 0 Å². The lowest BCUT2D eigenvalue weighted by atomic mass is 9.96. The van der Waals surface area contributed by atoms with Crippen molar-refractivity contribution in [3.63, 3.8) is 0 Å². The van der Waals surface area contributed by atoms with Gasteiger partial charge in [0.15, 0.2) is 5.78 Å². The first kappa shape index (κ1) is 21.7. The molecule has 1 aromatic rings. The van der Waals surface area contributed by atoms with Crippen molar-refractivity contribution in [2.45, 2.75) is 56.8 Å². The topological polar surface area (TPSA) is 83.6 Å². The number of sulfonamides is 1. The molecule has 1 aliphatic carbocycles. The number of amides is 1. The Labute approximate surface area is 173 Å². The van der Waals surface area contributed by atoms with Crippen LogP contribution in [0.4, 0.5) is 0 Å². The van der Waals surface area contributed by atoms with Crippen molar-refractivity contribution < 1.29 is 18.0 Å². The average molecular weight is 419 g/mol. The highest BCUT2D eigenvalue weighted by atomic mass is 32.2. The fraction of sp³-hybridized carbons (Fsp3) is 0.545. The molecule has 0 saturated carbocycles. The van der Waals surface area contributed by atoms with Crippen molar-refractivity contribution in [2.24, 2.45) is 5.92 Å². The van der Waals surface area contributed by atoms with E-state index in [0.717, 1.165) is 19.3 Å². The van der Waals surface area contributed by atoms with Crippen LogP contribution in [0.15, 0.2) is 40.8 Å². The van der Waals surface area contributed by atoms with E-state index in [2.05, 4.69) is 11.4 Å². The molecule has 0 spiro atoms. The highest BCUT2D eigenvalue weighted by Gasteiger charge is 2.32. The predicted molar refractivity (Wildman–Crippen MR) is 112 cm³/mol. The third-order valence-electron chi connectivity index (χ3n) is 5.85. The van der Waals surface area contributed by atoms with Crippen LogP contribution in [0.2, 0.25) is 0 Å². The number of rotatable bonds is 7. The zero-order valence-corrected chi connectivity index (χ0v) is 17.8. The summed E-state index contributed by atoms with van der Waals surface area (Å²) in [4.78, 5) is 24.0. The number of ketones is 1. The van der Waals surface area contributed by atoms with Crippen LogP contribution in [-0.4, -0.2) is 44.0 Å². The normalized spacial score (nSPS) is 18.9. The summed E-state index contributed by atoms with van der Waals surface area (Å²) in [5, 5.41) is 3.02. The Morgan fingerprint density at radius 1 is 1.10 bits per heavy atom. The van der Waals surface area contributed by atoms with E-state index < -0.39 is 10.0 Å². The molecule has 7 heteroatoms. The Morgan fingerprint density at radius 3 is 2.38 bits per heavy atom. The third kappa shape index (κ3) is 5.54. The van der Waals surface area contributed by atoms with Crippen molar-refractivity contribution in [3.8, 4) is 0 Å². The van der Waals surface area contributed by atoms with E-state index in [1.165, 1.54) is 53.9 Å². The summed E-state index contributed by atoms with van der Waals surface area (Å²) in [7, 11) is -3.60. The van der Waals surface area contributed by atoms with Gasteiger partial charge < -0.3 is 5.32 Å². The van der Waals surface area contributed by atoms with Gasteiger partial charge in [0.25, 0.3) is 0 Å². The number of Topliss-reactive ketones (excluding diaryl/α,β-unsaturated/α-hetero) is 1. The van der Waals surface area contributed by atoms with Crippen LogP contribution in [-0.2, 0) is 14.8 Å². The molecule has 0 aromatic heterocycles. The first-order valence-corrected chi connectivity index (χ1v) is 11.9. The monoisotopic (exact) mass is 418 g/mol. The highest BCUT2D eigenvalue weighted by molar-refractivity contribution is 7.89. The van der Waals surface area contributed by atoms with Crippen LogP contribution in [0.1, 0.15) is 62.2 Å². The van der Waals surface area contributed by atoms with Crippen LogP contribution in [0, 0.1) is 5.92 Å². The summed E-state index contributed by atoms with van der Waals surface area (Å²) in [5.41, 5.74) is 1.93. The summed E-state index contributed by atoms with van der Waals surface area (Å²) in [6.45, 7) is 2.77. The van der Waals surface area contributed by atoms with E-state index in [9.17, 15) is 18.0 Å². The van der Waals surface area contributed by atoms with Gasteiger partial charge in [-0.2, -0.15) is 4.31 Å². The number of nitrogens with one attached hydrogen (secondary N) is 1. The van der Waals surface area contributed by atoms with Crippen LogP contribution in [0.3, 0.4) is 0 Å². The quantitative estimate of drug-likeness (QED) is 0.544. The molecule has 0 unspecified atom stereocenters. The number of hydrogen-bond acceptors (Lipinski definition) is 4. The number of carbonyl (C=O) groups excluding carboxylic acids is 2. The molecular formula is C22H30N2O4S. The molecule has 6 nitrogen and oxygen atoms in total. The Hall–Kier alpha value is -1.99. The lowest BCUT2D eigenvalue weighted by molar-refractivity contribution is -0.126. The summed E-state index contributed by atoms with van der Waals surface area (Å²) in [6.07, 6.45) is 9.05. The molecule has 29 heavy (non-hydrogen) atoms. The number of carbonyl (C=O) groups is 2. The van der Waals surface area contributed by atoms with Crippen molar-refractivity contribution in [1.29, 1.82) is 0 Å². The Morgan fingerprint density at radius 2 is 1.79 bits per heavy atom. The molecule has 1 saturated heterocycles. The van der Waals surface area contributed by atoms with Gasteiger partial charge in [-0.1, -0.05) is 23.8 Å². The van der Waals surface area contributed by atoms with Crippen LogP contribution < -0.4 is 5.32 Å². The van der Waals surface area contributed by atoms with Crippen LogP contribution >= 0.6 is 0 Å². The maximum Gasteiger partial charge on any atom is 0.243 e. The van der Waals surface area contributed by atoms with Gasteiger partial charge in [0.1, 0.15) is 0 Å². The highest BCUT2D eigenvalue weighted by Crippen LogP contribution is 2.25. The van der Waals surface area contributed by atoms with Gasteiger partial charge in [-0.3, -0.25) is 9.59 Å². The molecule has 0 radical (unpaired) electrons. The number of benzene rings is 1. The van der Waals surface area contributed by atoms with Gasteiger partial charge in [0, 0.05) is 31.1 Å². The molecule has 1 aliphatic heterocycles. The van der Waals surface area contributed by atoms with Gasteiger partial charge in [-0.15, -0.1) is 0 Å². The maximum atomic E-state index is 12.8. The summed E-state index contributed by atoms with van der Waals surface area (Å²) in [6, 6.07) is 6.03. The number of hydrogen-bond donors (Lipinski definition) is 1. The van der Waals surface area contributed by atoms with E-state index >= 15 is 0 Å². The zero-order valence-electron chi connectivity index (χ0n) is 17.0. The van der Waals surface area contributed by atoms with E-state index in [1.807, 2.05) is 0 Å². The van der Waals surface area contributed by atoms with Crippen molar-refractivity contribution in [2.75, 3.05) is 19.6 Å². The average Bonchev–Trinajstić information content (AvgIpc) is 2.74.